The van der Waals surface area contributed by atoms with Crippen LogP contribution in [-0.2, 0) is 4.74 Å². The molecule has 0 aliphatic heterocycles. The van der Waals surface area contributed by atoms with Gasteiger partial charge in [0, 0.05) is 5.75 Å². The third-order valence-electron chi connectivity index (χ3n) is 2.83. The number of nitrogens with one attached hydrogen (secondary N) is 1. The number of aliphatic hydroxyl groups excluding tert-OH is 2. The van der Waals surface area contributed by atoms with E-state index >= 15 is 0 Å². The Kier molecular flexibility index (Phi) is 9.43. The summed E-state index contributed by atoms with van der Waals surface area (Å²) in [5.41, 5.74) is -0.594. The van der Waals surface area contributed by atoms with Gasteiger partial charge in [0.15, 0.2) is 0 Å². The second kappa shape index (κ2) is 9.63. The van der Waals surface area contributed by atoms with E-state index in [1.807, 2.05) is 27.7 Å². The average molecular weight is 336 g/mol. The molecule has 0 aliphatic carbocycles. The zero-order valence-corrected chi connectivity index (χ0v) is 15.7. The van der Waals surface area contributed by atoms with E-state index in [0.717, 1.165) is 0 Å². The van der Waals surface area contributed by atoms with Crippen LogP contribution in [0.15, 0.2) is 0 Å². The molecule has 3 N–H and O–H groups in total. The summed E-state index contributed by atoms with van der Waals surface area (Å²) < 4.78 is 5.23. The van der Waals surface area contributed by atoms with E-state index in [1.54, 1.807) is 32.5 Å². The number of hydrogen-bond donors (Lipinski definition) is 3. The Bertz CT molecular complexity index is 329. The van der Waals surface area contributed by atoms with Crippen molar-refractivity contribution in [3.05, 3.63) is 0 Å². The second-order valence-electron chi connectivity index (χ2n) is 7.32. The van der Waals surface area contributed by atoms with Crippen molar-refractivity contribution in [1.82, 2.24) is 5.32 Å². The molecule has 0 aromatic heterocycles. The van der Waals surface area contributed by atoms with E-state index in [4.69, 9.17) is 4.74 Å². The number of carbonyl (C=O) groups is 1. The molecule has 0 aliphatic rings. The van der Waals surface area contributed by atoms with Crippen LogP contribution in [0.2, 0.25) is 0 Å². The lowest BCUT2D eigenvalue weighted by atomic mass is 9.96. The van der Waals surface area contributed by atoms with Crippen LogP contribution in [0.4, 0.5) is 4.79 Å². The van der Waals surface area contributed by atoms with Crippen LogP contribution in [0.3, 0.4) is 0 Å². The first-order chi connectivity index (χ1) is 9.92. The summed E-state index contributed by atoms with van der Waals surface area (Å²) in [4.78, 5) is 11.9. The predicted octanol–water partition coefficient (Wildman–Crippen LogP) is 2.79. The van der Waals surface area contributed by atoms with Crippen molar-refractivity contribution in [1.29, 1.82) is 0 Å². The third-order valence-corrected chi connectivity index (χ3v) is 4.03. The van der Waals surface area contributed by atoms with Gasteiger partial charge in [-0.25, -0.2) is 4.79 Å². The Morgan fingerprint density at radius 3 is 2.14 bits per heavy atom. The first kappa shape index (κ1) is 21.5. The maximum absolute atomic E-state index is 11.9. The molecule has 0 fully saturated rings. The maximum Gasteiger partial charge on any atom is 0.407 e. The van der Waals surface area contributed by atoms with Crippen molar-refractivity contribution in [2.24, 2.45) is 5.92 Å². The number of amides is 1. The fourth-order valence-electron chi connectivity index (χ4n) is 1.91. The minimum Gasteiger partial charge on any atom is -0.444 e. The van der Waals surface area contributed by atoms with Crippen LogP contribution in [0.25, 0.3) is 0 Å². The standard InChI is InChI=1S/C16H33NO4S/c1-10(2)8-12(17-15(20)21-16(5,6)7)14(19)13(18)9-22-11(3)4/h10-14,18-19H,8-9H2,1-7H3,(H,17,20)/t12-,13?,14?/m0/s1. The topological polar surface area (TPSA) is 78.8 Å². The molecule has 2 unspecified atom stereocenters. The summed E-state index contributed by atoms with van der Waals surface area (Å²) >= 11 is 1.58. The van der Waals surface area contributed by atoms with E-state index in [2.05, 4.69) is 5.32 Å². The number of carbonyl (C=O) groups excluding carboxylic acids is 1. The van der Waals surface area contributed by atoms with Gasteiger partial charge in [0.1, 0.15) is 11.7 Å². The van der Waals surface area contributed by atoms with Crippen LogP contribution in [0, 0.1) is 5.92 Å². The first-order valence-corrected chi connectivity index (χ1v) is 8.94. The normalized spacial score (nSPS) is 16.5. The molecule has 0 heterocycles. The van der Waals surface area contributed by atoms with E-state index in [9.17, 15) is 15.0 Å². The molecule has 3 atom stereocenters. The molecule has 6 heteroatoms. The van der Waals surface area contributed by atoms with Gasteiger partial charge in [0.25, 0.3) is 0 Å². The fourth-order valence-corrected chi connectivity index (χ4v) is 2.69. The lowest BCUT2D eigenvalue weighted by Gasteiger charge is -2.30. The lowest BCUT2D eigenvalue weighted by molar-refractivity contribution is -0.00247. The molecular weight excluding hydrogens is 302 g/mol. The monoisotopic (exact) mass is 335 g/mol. The van der Waals surface area contributed by atoms with E-state index in [-0.39, 0.29) is 5.92 Å². The van der Waals surface area contributed by atoms with Crippen molar-refractivity contribution in [2.45, 2.75) is 84.0 Å². The van der Waals surface area contributed by atoms with E-state index < -0.39 is 29.9 Å². The molecule has 0 rings (SSSR count). The molecule has 0 bridgehead atoms. The predicted molar refractivity (Wildman–Crippen MR) is 92.2 cm³/mol. The van der Waals surface area contributed by atoms with Gasteiger partial charge in [0.05, 0.1) is 12.1 Å². The Morgan fingerprint density at radius 1 is 1.18 bits per heavy atom. The third kappa shape index (κ3) is 10.3. The minimum atomic E-state index is -1.01. The molecule has 0 radical (unpaired) electrons. The summed E-state index contributed by atoms with van der Waals surface area (Å²) in [5.74, 6) is 0.711. The quantitative estimate of drug-likeness (QED) is 0.636. The Morgan fingerprint density at radius 2 is 1.73 bits per heavy atom. The molecule has 0 spiro atoms. The SMILES string of the molecule is CC(C)C[C@H](NC(=O)OC(C)(C)C)C(O)C(O)CSC(C)C. The number of ether oxygens (including phenoxy) is 1. The summed E-state index contributed by atoms with van der Waals surface area (Å²) in [5, 5.41) is 23.6. The van der Waals surface area contributed by atoms with Crippen molar-refractivity contribution in [3.8, 4) is 0 Å². The zero-order valence-electron chi connectivity index (χ0n) is 14.9. The fraction of sp³-hybridized carbons (Fsp3) is 0.938. The van der Waals surface area contributed by atoms with Gasteiger partial charge in [-0.3, -0.25) is 0 Å². The lowest BCUT2D eigenvalue weighted by Crippen LogP contribution is -2.51. The second-order valence-corrected chi connectivity index (χ2v) is 8.93. The molecule has 22 heavy (non-hydrogen) atoms. The van der Waals surface area contributed by atoms with Crippen molar-refractivity contribution in [2.75, 3.05) is 5.75 Å². The zero-order chi connectivity index (χ0) is 17.5. The molecule has 5 nitrogen and oxygen atoms in total. The number of hydrogen-bond acceptors (Lipinski definition) is 5. The molecular formula is C16H33NO4S. The molecule has 0 saturated heterocycles. The molecule has 0 aromatic carbocycles. The summed E-state index contributed by atoms with van der Waals surface area (Å²) in [7, 11) is 0. The van der Waals surface area contributed by atoms with Crippen LogP contribution in [0.1, 0.15) is 54.9 Å². The Hall–Kier alpha value is -0.460. The van der Waals surface area contributed by atoms with Gasteiger partial charge in [0.2, 0.25) is 0 Å². The van der Waals surface area contributed by atoms with Gasteiger partial charge >= 0.3 is 6.09 Å². The van der Waals surface area contributed by atoms with Gasteiger partial charge in [-0.15, -0.1) is 0 Å². The first-order valence-electron chi connectivity index (χ1n) is 7.89. The molecule has 1 amide bonds. The van der Waals surface area contributed by atoms with Gasteiger partial charge in [-0.05, 0) is 38.4 Å². The highest BCUT2D eigenvalue weighted by Gasteiger charge is 2.30. The highest BCUT2D eigenvalue weighted by atomic mass is 32.2. The molecule has 132 valence electrons. The largest absolute Gasteiger partial charge is 0.444 e. The summed E-state index contributed by atoms with van der Waals surface area (Å²) in [6.07, 6.45) is -1.89. The van der Waals surface area contributed by atoms with Crippen LogP contribution < -0.4 is 5.32 Å². The number of aliphatic hydroxyl groups is 2. The summed E-state index contributed by atoms with van der Waals surface area (Å²) in [6.45, 7) is 13.4. The molecule has 0 aromatic rings. The van der Waals surface area contributed by atoms with Crippen LogP contribution in [0.5, 0.6) is 0 Å². The maximum atomic E-state index is 11.9. The van der Waals surface area contributed by atoms with Gasteiger partial charge in [-0.2, -0.15) is 11.8 Å². The van der Waals surface area contributed by atoms with E-state index in [0.29, 0.717) is 17.4 Å². The van der Waals surface area contributed by atoms with Crippen LogP contribution >= 0.6 is 11.8 Å². The Balaban J connectivity index is 4.70. The average Bonchev–Trinajstić information content (AvgIpc) is 2.31. The molecule has 0 saturated carbocycles. The number of alkyl carbamates (subject to hydrolysis) is 1. The van der Waals surface area contributed by atoms with E-state index in [1.165, 1.54) is 0 Å². The van der Waals surface area contributed by atoms with Crippen LogP contribution in [-0.4, -0.2) is 51.2 Å². The summed E-state index contributed by atoms with van der Waals surface area (Å²) in [6, 6.07) is -0.530. The van der Waals surface area contributed by atoms with Crippen molar-refractivity contribution < 1.29 is 19.7 Å². The highest BCUT2D eigenvalue weighted by Crippen LogP contribution is 2.17. The highest BCUT2D eigenvalue weighted by molar-refractivity contribution is 7.99. The number of thioether (sulfide) groups is 1. The number of rotatable bonds is 8. The minimum absolute atomic E-state index is 0.277. The van der Waals surface area contributed by atoms with Gasteiger partial charge in [-0.1, -0.05) is 27.7 Å². The smallest absolute Gasteiger partial charge is 0.407 e. The van der Waals surface area contributed by atoms with Crippen molar-refractivity contribution >= 4 is 17.9 Å². The van der Waals surface area contributed by atoms with Gasteiger partial charge < -0.3 is 20.3 Å². The van der Waals surface area contributed by atoms with Crippen molar-refractivity contribution in [3.63, 3.8) is 0 Å². The Labute approximate surface area is 139 Å².